The molecule has 1 atom stereocenters. The lowest BCUT2D eigenvalue weighted by Gasteiger charge is -2.12. The van der Waals surface area contributed by atoms with E-state index >= 15 is 0 Å². The lowest BCUT2D eigenvalue weighted by molar-refractivity contribution is -0.154. The molecule has 1 fully saturated rings. The van der Waals surface area contributed by atoms with Gasteiger partial charge >= 0.3 is 5.97 Å². The van der Waals surface area contributed by atoms with E-state index in [1.165, 1.54) is 11.3 Å². The van der Waals surface area contributed by atoms with Gasteiger partial charge in [0.05, 0.1) is 26.3 Å². The Bertz CT molecular complexity index is 831. The Hall–Kier alpha value is -2.61. The minimum Gasteiger partial charge on any atom is -0.493 e. The molecule has 1 saturated carbocycles. The van der Waals surface area contributed by atoms with E-state index < -0.39 is 12.1 Å². The number of nitrogens with one attached hydrogen (secondary N) is 1. The van der Waals surface area contributed by atoms with Crippen molar-refractivity contribution in [2.24, 2.45) is 0 Å². The van der Waals surface area contributed by atoms with Crippen LogP contribution in [0.1, 0.15) is 25.5 Å². The molecular formula is C19H22N2O5S. The number of thiazole rings is 1. The summed E-state index contributed by atoms with van der Waals surface area (Å²) in [5.74, 6) is 0.523. The molecule has 27 heavy (non-hydrogen) atoms. The van der Waals surface area contributed by atoms with Gasteiger partial charge in [0, 0.05) is 17.0 Å². The molecule has 1 amide bonds. The van der Waals surface area contributed by atoms with Crippen molar-refractivity contribution in [1.29, 1.82) is 0 Å². The largest absolute Gasteiger partial charge is 0.493 e. The number of carbonyl (C=O) groups is 2. The van der Waals surface area contributed by atoms with Crippen molar-refractivity contribution >= 4 is 23.2 Å². The zero-order chi connectivity index (χ0) is 19.4. The molecule has 1 aliphatic carbocycles. The maximum Gasteiger partial charge on any atom is 0.312 e. The average Bonchev–Trinajstić information content (AvgIpc) is 3.36. The summed E-state index contributed by atoms with van der Waals surface area (Å²) in [6.45, 7) is 1.58. The molecular weight excluding hydrogens is 368 g/mol. The number of esters is 1. The van der Waals surface area contributed by atoms with Gasteiger partial charge in [-0.25, -0.2) is 4.98 Å². The molecule has 1 aliphatic rings. The number of methoxy groups -OCH3 is 2. The summed E-state index contributed by atoms with van der Waals surface area (Å²) in [6.07, 6.45) is 1.20. The van der Waals surface area contributed by atoms with Gasteiger partial charge in [-0.15, -0.1) is 11.3 Å². The molecule has 3 rings (SSSR count). The van der Waals surface area contributed by atoms with E-state index in [2.05, 4.69) is 10.3 Å². The van der Waals surface area contributed by atoms with Crippen LogP contribution >= 0.6 is 11.3 Å². The number of hydrogen-bond acceptors (Lipinski definition) is 7. The van der Waals surface area contributed by atoms with Gasteiger partial charge in [-0.05, 0) is 38.0 Å². The first-order valence-corrected chi connectivity index (χ1v) is 9.54. The minimum absolute atomic E-state index is 0.0187. The SMILES string of the molecule is COc1ccc(-c2nc(CC(=O)O[C@H](C)C(=O)NC3CC3)cs2)cc1OC. The molecule has 7 nitrogen and oxygen atoms in total. The van der Waals surface area contributed by atoms with E-state index in [4.69, 9.17) is 14.2 Å². The molecule has 1 aromatic carbocycles. The summed E-state index contributed by atoms with van der Waals surface area (Å²) in [4.78, 5) is 28.4. The smallest absolute Gasteiger partial charge is 0.312 e. The lowest BCUT2D eigenvalue weighted by Crippen LogP contribution is -2.37. The Morgan fingerprint density at radius 1 is 1.26 bits per heavy atom. The molecule has 0 bridgehead atoms. The standard InChI is InChI=1S/C19H22N2O5S/c1-11(18(23)20-13-5-6-13)26-17(22)9-14-10-27-19(21-14)12-4-7-15(24-2)16(8-12)25-3/h4,7-8,10-11,13H,5-6,9H2,1-3H3,(H,20,23)/t11-/m1/s1. The predicted molar refractivity (Wildman–Crippen MR) is 101 cm³/mol. The van der Waals surface area contributed by atoms with Crippen molar-refractivity contribution in [1.82, 2.24) is 10.3 Å². The number of ether oxygens (including phenoxy) is 3. The van der Waals surface area contributed by atoms with Crippen LogP contribution in [0.15, 0.2) is 23.6 Å². The second kappa shape index (κ2) is 8.39. The molecule has 1 heterocycles. The van der Waals surface area contributed by atoms with Crippen LogP contribution in [-0.2, 0) is 20.7 Å². The van der Waals surface area contributed by atoms with Gasteiger partial charge in [-0.3, -0.25) is 9.59 Å². The van der Waals surface area contributed by atoms with Gasteiger partial charge in [0.1, 0.15) is 5.01 Å². The highest BCUT2D eigenvalue weighted by Gasteiger charge is 2.27. The first kappa shape index (κ1) is 19.2. The van der Waals surface area contributed by atoms with Gasteiger partial charge in [0.15, 0.2) is 17.6 Å². The van der Waals surface area contributed by atoms with Crippen LogP contribution in [0.3, 0.4) is 0 Å². The molecule has 0 aliphatic heterocycles. The van der Waals surface area contributed by atoms with Crippen LogP contribution in [-0.4, -0.2) is 43.2 Å². The highest BCUT2D eigenvalue weighted by atomic mass is 32.1. The Kier molecular flexibility index (Phi) is 5.95. The first-order chi connectivity index (χ1) is 13.0. The van der Waals surface area contributed by atoms with Crippen LogP contribution in [0, 0.1) is 0 Å². The molecule has 8 heteroatoms. The lowest BCUT2D eigenvalue weighted by atomic mass is 10.2. The number of benzene rings is 1. The summed E-state index contributed by atoms with van der Waals surface area (Å²) in [6, 6.07) is 5.77. The third-order valence-corrected chi connectivity index (χ3v) is 5.05. The third-order valence-electron chi connectivity index (χ3n) is 4.11. The number of nitrogens with zero attached hydrogens (tertiary/aromatic N) is 1. The molecule has 0 spiro atoms. The van der Waals surface area contributed by atoms with E-state index in [9.17, 15) is 9.59 Å². The van der Waals surface area contributed by atoms with Gasteiger partial charge < -0.3 is 19.5 Å². The summed E-state index contributed by atoms with van der Waals surface area (Å²) in [7, 11) is 3.15. The van der Waals surface area contributed by atoms with Crippen molar-refractivity contribution < 1.29 is 23.8 Å². The highest BCUT2D eigenvalue weighted by molar-refractivity contribution is 7.13. The van der Waals surface area contributed by atoms with E-state index in [0.29, 0.717) is 17.2 Å². The zero-order valence-electron chi connectivity index (χ0n) is 15.5. The third kappa shape index (κ3) is 4.97. The average molecular weight is 390 g/mol. The molecule has 2 aromatic rings. The normalized spacial score (nSPS) is 14.3. The molecule has 0 saturated heterocycles. The van der Waals surface area contributed by atoms with E-state index in [0.717, 1.165) is 23.4 Å². The van der Waals surface area contributed by atoms with Crippen molar-refractivity contribution in [2.75, 3.05) is 14.2 Å². The van der Waals surface area contributed by atoms with Crippen LogP contribution < -0.4 is 14.8 Å². The van der Waals surface area contributed by atoms with Gasteiger partial charge in [0.25, 0.3) is 5.91 Å². The second-order valence-electron chi connectivity index (χ2n) is 6.31. The number of amides is 1. The maximum atomic E-state index is 12.1. The second-order valence-corrected chi connectivity index (χ2v) is 7.16. The van der Waals surface area contributed by atoms with Gasteiger partial charge in [-0.2, -0.15) is 0 Å². The van der Waals surface area contributed by atoms with Crippen LogP contribution in [0.2, 0.25) is 0 Å². The first-order valence-electron chi connectivity index (χ1n) is 8.66. The summed E-state index contributed by atoms with van der Waals surface area (Å²) in [5, 5.41) is 5.39. The quantitative estimate of drug-likeness (QED) is 0.697. The summed E-state index contributed by atoms with van der Waals surface area (Å²) in [5.41, 5.74) is 1.47. The van der Waals surface area contributed by atoms with E-state index in [-0.39, 0.29) is 18.4 Å². The predicted octanol–water partition coefficient (Wildman–Crippen LogP) is 2.58. The molecule has 0 unspecified atom stereocenters. The molecule has 1 N–H and O–H groups in total. The number of aromatic nitrogens is 1. The van der Waals surface area contributed by atoms with Gasteiger partial charge in [0.2, 0.25) is 0 Å². The van der Waals surface area contributed by atoms with Crippen molar-refractivity contribution in [3.05, 3.63) is 29.3 Å². The molecule has 144 valence electrons. The number of carbonyl (C=O) groups excluding carboxylic acids is 2. The minimum atomic E-state index is -0.804. The highest BCUT2D eigenvalue weighted by Crippen LogP contribution is 2.33. The topological polar surface area (TPSA) is 86.8 Å². The van der Waals surface area contributed by atoms with Crippen molar-refractivity contribution in [3.8, 4) is 22.1 Å². The van der Waals surface area contributed by atoms with Crippen LogP contribution in [0.25, 0.3) is 10.6 Å². The maximum absolute atomic E-state index is 12.1. The molecule has 1 aromatic heterocycles. The fraction of sp³-hybridized carbons (Fsp3) is 0.421. The van der Waals surface area contributed by atoms with Gasteiger partial charge in [-0.1, -0.05) is 0 Å². The summed E-state index contributed by atoms with van der Waals surface area (Å²) < 4.78 is 15.7. The Morgan fingerprint density at radius 2 is 2.00 bits per heavy atom. The van der Waals surface area contributed by atoms with Crippen molar-refractivity contribution in [3.63, 3.8) is 0 Å². The number of hydrogen-bond donors (Lipinski definition) is 1. The fourth-order valence-electron chi connectivity index (χ4n) is 2.48. The Balaban J connectivity index is 1.60. The van der Waals surface area contributed by atoms with Crippen molar-refractivity contribution in [2.45, 2.75) is 38.3 Å². The van der Waals surface area contributed by atoms with E-state index in [1.807, 2.05) is 23.6 Å². The van der Waals surface area contributed by atoms with Crippen LogP contribution in [0.4, 0.5) is 0 Å². The van der Waals surface area contributed by atoms with E-state index in [1.54, 1.807) is 21.1 Å². The fourth-order valence-corrected chi connectivity index (χ4v) is 3.29. The Labute approximate surface area is 161 Å². The summed E-state index contributed by atoms with van der Waals surface area (Å²) >= 11 is 1.42. The zero-order valence-corrected chi connectivity index (χ0v) is 16.3. The van der Waals surface area contributed by atoms with Crippen LogP contribution in [0.5, 0.6) is 11.5 Å². The monoisotopic (exact) mass is 390 g/mol. The Morgan fingerprint density at radius 3 is 2.67 bits per heavy atom. The molecule has 0 radical (unpaired) electrons. The number of rotatable bonds is 8.